The molecule has 1 aromatic rings. The highest BCUT2D eigenvalue weighted by atomic mass is 79.9. The zero-order chi connectivity index (χ0) is 10.6. The molecule has 2 heteroatoms. The van der Waals surface area contributed by atoms with Crippen LogP contribution in [0.3, 0.4) is 0 Å². The molecular weight excluding hydrogens is 259 g/mol. The Morgan fingerprint density at radius 3 is 2.29 bits per heavy atom. The van der Waals surface area contributed by atoms with Crippen LogP contribution in [0.5, 0.6) is 0 Å². The van der Waals surface area contributed by atoms with E-state index in [0.717, 1.165) is 16.8 Å². The summed E-state index contributed by atoms with van der Waals surface area (Å²) in [6, 6.07) is 8.14. The first-order valence-electron chi connectivity index (χ1n) is 4.90. The SMILES string of the molecule is CCC(C)(CBr)Cc1ccc(Cl)cc1. The van der Waals surface area contributed by atoms with Gasteiger partial charge in [0.15, 0.2) is 0 Å². The number of halogens is 2. The van der Waals surface area contributed by atoms with Gasteiger partial charge in [-0.2, -0.15) is 0 Å². The van der Waals surface area contributed by atoms with Crippen LogP contribution >= 0.6 is 27.5 Å². The van der Waals surface area contributed by atoms with Gasteiger partial charge in [-0.25, -0.2) is 0 Å². The van der Waals surface area contributed by atoms with Gasteiger partial charge in [0.25, 0.3) is 0 Å². The molecule has 1 rings (SSSR count). The van der Waals surface area contributed by atoms with Gasteiger partial charge in [0.1, 0.15) is 0 Å². The Kier molecular flexibility index (Phi) is 4.46. The summed E-state index contributed by atoms with van der Waals surface area (Å²) >= 11 is 9.42. The van der Waals surface area contributed by atoms with Crippen LogP contribution in [0.1, 0.15) is 25.8 Å². The highest BCUT2D eigenvalue weighted by molar-refractivity contribution is 9.09. The molecule has 1 aromatic carbocycles. The molecule has 14 heavy (non-hydrogen) atoms. The largest absolute Gasteiger partial charge is 0.0922 e. The van der Waals surface area contributed by atoms with E-state index in [1.54, 1.807) is 0 Å². The summed E-state index contributed by atoms with van der Waals surface area (Å²) in [5, 5.41) is 1.85. The zero-order valence-electron chi connectivity index (χ0n) is 8.69. The van der Waals surface area contributed by atoms with Crippen molar-refractivity contribution in [1.29, 1.82) is 0 Å². The maximum atomic E-state index is 5.84. The average molecular weight is 276 g/mol. The smallest absolute Gasteiger partial charge is 0.0406 e. The van der Waals surface area contributed by atoms with Gasteiger partial charge in [-0.1, -0.05) is 53.5 Å². The van der Waals surface area contributed by atoms with E-state index in [4.69, 9.17) is 11.6 Å². The minimum absolute atomic E-state index is 0.355. The lowest BCUT2D eigenvalue weighted by Gasteiger charge is -2.25. The van der Waals surface area contributed by atoms with Crippen molar-refractivity contribution in [2.45, 2.75) is 26.7 Å². The average Bonchev–Trinajstić information content (AvgIpc) is 2.21. The van der Waals surface area contributed by atoms with Crippen LogP contribution in [0.25, 0.3) is 0 Å². The molecule has 0 N–H and O–H groups in total. The Hall–Kier alpha value is -0.0100. The molecule has 0 saturated carbocycles. The quantitative estimate of drug-likeness (QED) is 0.699. The van der Waals surface area contributed by atoms with E-state index in [1.807, 2.05) is 12.1 Å². The molecule has 0 spiro atoms. The topological polar surface area (TPSA) is 0 Å². The summed E-state index contributed by atoms with van der Waals surface area (Å²) in [7, 11) is 0. The van der Waals surface area contributed by atoms with Crippen molar-refractivity contribution in [2.75, 3.05) is 5.33 Å². The van der Waals surface area contributed by atoms with Gasteiger partial charge in [-0.15, -0.1) is 0 Å². The molecule has 0 fully saturated rings. The van der Waals surface area contributed by atoms with Crippen molar-refractivity contribution in [1.82, 2.24) is 0 Å². The van der Waals surface area contributed by atoms with E-state index in [9.17, 15) is 0 Å². The number of alkyl halides is 1. The van der Waals surface area contributed by atoms with Gasteiger partial charge in [-0.3, -0.25) is 0 Å². The minimum Gasteiger partial charge on any atom is -0.0922 e. The summed E-state index contributed by atoms with van der Waals surface area (Å²) in [5.41, 5.74) is 1.71. The third-order valence-electron chi connectivity index (χ3n) is 2.72. The Morgan fingerprint density at radius 2 is 1.86 bits per heavy atom. The normalized spacial score (nSPS) is 15.1. The third kappa shape index (κ3) is 3.29. The molecule has 0 aliphatic heterocycles. The van der Waals surface area contributed by atoms with Crippen molar-refractivity contribution >= 4 is 27.5 Å². The second kappa shape index (κ2) is 5.18. The van der Waals surface area contributed by atoms with Gasteiger partial charge in [0.05, 0.1) is 0 Å². The summed E-state index contributed by atoms with van der Waals surface area (Å²) in [6.45, 7) is 4.54. The van der Waals surface area contributed by atoms with E-state index in [2.05, 4.69) is 41.9 Å². The number of hydrogen-bond acceptors (Lipinski definition) is 0. The Balaban J connectivity index is 2.72. The van der Waals surface area contributed by atoms with Crippen LogP contribution < -0.4 is 0 Å². The van der Waals surface area contributed by atoms with Crippen LogP contribution in [-0.2, 0) is 6.42 Å². The molecule has 0 saturated heterocycles. The van der Waals surface area contributed by atoms with Crippen LogP contribution in [0.4, 0.5) is 0 Å². The van der Waals surface area contributed by atoms with Gasteiger partial charge in [-0.05, 0) is 36.0 Å². The monoisotopic (exact) mass is 274 g/mol. The highest BCUT2D eigenvalue weighted by Crippen LogP contribution is 2.28. The minimum atomic E-state index is 0.355. The van der Waals surface area contributed by atoms with Crippen LogP contribution in [-0.4, -0.2) is 5.33 Å². The maximum absolute atomic E-state index is 5.84. The number of benzene rings is 1. The molecule has 0 aromatic heterocycles. The second-order valence-electron chi connectivity index (χ2n) is 4.10. The maximum Gasteiger partial charge on any atom is 0.0406 e. The first kappa shape index (κ1) is 12.1. The Labute approximate surface area is 99.8 Å². The van der Waals surface area contributed by atoms with Crippen LogP contribution in [0.2, 0.25) is 5.02 Å². The van der Waals surface area contributed by atoms with Crippen molar-refractivity contribution in [3.05, 3.63) is 34.9 Å². The molecule has 0 aliphatic rings. The van der Waals surface area contributed by atoms with Crippen molar-refractivity contribution in [3.8, 4) is 0 Å². The molecule has 0 nitrogen and oxygen atoms in total. The molecule has 1 unspecified atom stereocenters. The van der Waals surface area contributed by atoms with E-state index < -0.39 is 0 Å². The summed E-state index contributed by atoms with van der Waals surface area (Å²) in [4.78, 5) is 0. The highest BCUT2D eigenvalue weighted by Gasteiger charge is 2.20. The molecule has 0 radical (unpaired) electrons. The molecule has 0 aliphatic carbocycles. The van der Waals surface area contributed by atoms with E-state index in [-0.39, 0.29) is 0 Å². The first-order chi connectivity index (χ1) is 6.59. The molecule has 78 valence electrons. The molecule has 0 amide bonds. The standard InChI is InChI=1S/C12H16BrCl/c1-3-12(2,9-13)8-10-4-6-11(14)7-5-10/h4-7H,3,8-9H2,1-2H3. The van der Waals surface area contributed by atoms with E-state index >= 15 is 0 Å². The Morgan fingerprint density at radius 1 is 1.29 bits per heavy atom. The fourth-order valence-corrected chi connectivity index (χ4v) is 2.08. The van der Waals surface area contributed by atoms with Gasteiger partial charge in [0, 0.05) is 10.4 Å². The fourth-order valence-electron chi connectivity index (χ4n) is 1.36. The molecule has 0 bridgehead atoms. The van der Waals surface area contributed by atoms with Crippen LogP contribution in [0, 0.1) is 5.41 Å². The molecular formula is C12H16BrCl. The van der Waals surface area contributed by atoms with Gasteiger partial charge in [0.2, 0.25) is 0 Å². The third-order valence-corrected chi connectivity index (χ3v) is 4.33. The van der Waals surface area contributed by atoms with Gasteiger partial charge < -0.3 is 0 Å². The summed E-state index contributed by atoms with van der Waals surface area (Å²) < 4.78 is 0. The number of hydrogen-bond donors (Lipinski definition) is 0. The van der Waals surface area contributed by atoms with Crippen molar-refractivity contribution < 1.29 is 0 Å². The molecule has 1 atom stereocenters. The Bertz CT molecular complexity index is 275. The lowest BCUT2D eigenvalue weighted by molar-refractivity contribution is 0.361. The zero-order valence-corrected chi connectivity index (χ0v) is 11.0. The second-order valence-corrected chi connectivity index (χ2v) is 5.10. The predicted octanol–water partition coefficient (Wildman–Crippen LogP) is 4.69. The van der Waals surface area contributed by atoms with E-state index in [0.29, 0.717) is 5.41 Å². The summed E-state index contributed by atoms with van der Waals surface area (Å²) in [6.07, 6.45) is 2.28. The van der Waals surface area contributed by atoms with Crippen molar-refractivity contribution in [2.24, 2.45) is 5.41 Å². The predicted molar refractivity (Wildman–Crippen MR) is 67.3 cm³/mol. The number of rotatable bonds is 4. The fraction of sp³-hybridized carbons (Fsp3) is 0.500. The van der Waals surface area contributed by atoms with Gasteiger partial charge >= 0.3 is 0 Å². The molecule has 0 heterocycles. The lowest BCUT2D eigenvalue weighted by Crippen LogP contribution is -2.20. The summed E-state index contributed by atoms with van der Waals surface area (Å²) in [5.74, 6) is 0. The first-order valence-corrected chi connectivity index (χ1v) is 6.40. The van der Waals surface area contributed by atoms with E-state index in [1.165, 1.54) is 12.0 Å². The van der Waals surface area contributed by atoms with Crippen molar-refractivity contribution in [3.63, 3.8) is 0 Å². The van der Waals surface area contributed by atoms with Crippen LogP contribution in [0.15, 0.2) is 24.3 Å². The lowest BCUT2D eigenvalue weighted by atomic mass is 9.83.